The Morgan fingerprint density at radius 2 is 1.76 bits per heavy atom. The SMILES string of the molecule is C[C@@H]1C[C@H]2[C@@H]3C[C@H](F)C4=CC(=O)C=C[C@]4(C)[C@@]3(F)[C@@H](O)C[C@]2(C)[C@@]1(O)C(=O)CO[C@@H]1O[C@H](C(=O)O)[C@@H](O)[C@H](O)[C@H]1O. The molecule has 0 bridgehead atoms. The van der Waals surface area contributed by atoms with Gasteiger partial charge in [-0.05, 0) is 55.7 Å². The highest BCUT2D eigenvalue weighted by Crippen LogP contribution is 2.71. The van der Waals surface area contributed by atoms with Gasteiger partial charge in [0.15, 0.2) is 29.6 Å². The molecule has 1 aliphatic heterocycles. The Kier molecular flexibility index (Phi) is 7.17. The van der Waals surface area contributed by atoms with E-state index in [9.17, 15) is 45.0 Å². The summed E-state index contributed by atoms with van der Waals surface area (Å²) in [4.78, 5) is 37.0. The predicted octanol–water partition coefficient (Wildman–Crippen LogP) is -0.240. The molecule has 228 valence electrons. The molecule has 4 fully saturated rings. The lowest BCUT2D eigenvalue weighted by Gasteiger charge is -2.63. The average Bonchev–Trinajstić information content (AvgIpc) is 3.10. The van der Waals surface area contributed by atoms with E-state index in [1.807, 2.05) is 0 Å². The fraction of sp³-hybridized carbons (Fsp3) is 0.750. The van der Waals surface area contributed by atoms with E-state index in [2.05, 4.69) is 0 Å². The molecule has 0 aromatic rings. The number of rotatable bonds is 5. The lowest BCUT2D eigenvalue weighted by molar-refractivity contribution is -0.293. The Labute approximate surface area is 234 Å². The summed E-state index contributed by atoms with van der Waals surface area (Å²) in [5, 5.41) is 62.7. The maximum atomic E-state index is 17.3. The van der Waals surface area contributed by atoms with Crippen LogP contribution in [0.5, 0.6) is 0 Å². The Hall–Kier alpha value is -2.13. The Morgan fingerprint density at radius 1 is 1.10 bits per heavy atom. The van der Waals surface area contributed by atoms with E-state index < -0.39 is 107 Å². The first-order valence-corrected chi connectivity index (χ1v) is 13.7. The molecule has 5 aliphatic rings. The number of aliphatic hydroxyl groups excluding tert-OH is 4. The minimum Gasteiger partial charge on any atom is -0.479 e. The third kappa shape index (κ3) is 3.89. The summed E-state index contributed by atoms with van der Waals surface area (Å²) in [7, 11) is 0. The standard InChI is InChI=1S/C28H36F2O11/c1-11-6-13-14-8-16(29)15-7-12(31)4-5-25(15,2)27(14,30)17(32)9-26(13,3)28(11,39)18(33)10-40-24-21(36)19(34)20(35)22(41-24)23(37)38/h4-5,7,11,13-14,16-17,19-22,24,32,34-36,39H,6,8-10H2,1-3H3,(H,37,38)/t11-,13+,14+,16+,17+,19+,20+,21-,22+,24-,25+,26+,27+,28+/m1/s1. The second-order valence-corrected chi connectivity index (χ2v) is 12.7. The highest BCUT2D eigenvalue weighted by Gasteiger charge is 2.76. The first kappa shape index (κ1) is 30.3. The van der Waals surface area contributed by atoms with Crippen LogP contribution in [0.25, 0.3) is 0 Å². The molecule has 0 radical (unpaired) electrons. The summed E-state index contributed by atoms with van der Waals surface area (Å²) in [5.74, 6) is -5.71. The zero-order valence-corrected chi connectivity index (χ0v) is 22.8. The minimum absolute atomic E-state index is 0.0461. The van der Waals surface area contributed by atoms with Crippen molar-refractivity contribution in [2.75, 3.05) is 6.61 Å². The number of carboxylic acids is 1. The van der Waals surface area contributed by atoms with Gasteiger partial charge in [0, 0.05) is 16.7 Å². The lowest BCUT2D eigenvalue weighted by Crippen LogP contribution is -2.70. The van der Waals surface area contributed by atoms with Gasteiger partial charge in [0.1, 0.15) is 36.7 Å². The van der Waals surface area contributed by atoms with E-state index in [4.69, 9.17) is 9.47 Å². The van der Waals surface area contributed by atoms with Crippen LogP contribution in [-0.2, 0) is 23.9 Å². The number of aliphatic carboxylic acids is 1. The maximum absolute atomic E-state index is 17.3. The average molecular weight is 587 g/mol. The molecule has 0 aromatic heterocycles. The smallest absolute Gasteiger partial charge is 0.335 e. The summed E-state index contributed by atoms with van der Waals surface area (Å²) in [6.07, 6.45) is -10.2. The van der Waals surface area contributed by atoms with Crippen molar-refractivity contribution in [1.29, 1.82) is 0 Å². The first-order chi connectivity index (χ1) is 18.9. The van der Waals surface area contributed by atoms with Gasteiger partial charge in [0.05, 0.1) is 6.10 Å². The van der Waals surface area contributed by atoms with Gasteiger partial charge in [-0.1, -0.05) is 19.9 Å². The third-order valence-electron chi connectivity index (χ3n) is 10.8. The zero-order valence-electron chi connectivity index (χ0n) is 22.8. The Morgan fingerprint density at radius 3 is 2.39 bits per heavy atom. The first-order valence-electron chi connectivity index (χ1n) is 13.7. The van der Waals surface area contributed by atoms with E-state index >= 15 is 8.78 Å². The van der Waals surface area contributed by atoms with E-state index in [-0.39, 0.29) is 24.8 Å². The molecule has 0 spiro atoms. The Balaban J connectivity index is 1.42. The normalized spacial score (nSPS) is 52.7. The molecule has 13 heteroatoms. The molecule has 5 rings (SSSR count). The largest absolute Gasteiger partial charge is 0.479 e. The quantitative estimate of drug-likeness (QED) is 0.249. The van der Waals surface area contributed by atoms with Crippen LogP contribution in [0, 0.1) is 28.6 Å². The number of fused-ring (bicyclic) bond motifs is 5. The van der Waals surface area contributed by atoms with Crippen molar-refractivity contribution >= 4 is 17.5 Å². The molecule has 0 unspecified atom stereocenters. The van der Waals surface area contributed by atoms with Crippen molar-refractivity contribution in [2.45, 2.75) is 94.3 Å². The van der Waals surface area contributed by atoms with Crippen LogP contribution in [0.3, 0.4) is 0 Å². The van der Waals surface area contributed by atoms with Crippen LogP contribution in [0.2, 0.25) is 0 Å². The summed E-state index contributed by atoms with van der Waals surface area (Å²) in [6, 6.07) is 0. The molecule has 41 heavy (non-hydrogen) atoms. The fourth-order valence-corrected chi connectivity index (χ4v) is 8.59. The lowest BCUT2D eigenvalue weighted by atomic mass is 9.44. The second-order valence-electron chi connectivity index (χ2n) is 12.7. The number of Topliss-reactive ketones (excluding diaryl/α,β-unsaturated/α-hetero) is 1. The van der Waals surface area contributed by atoms with E-state index in [0.29, 0.717) is 0 Å². The fourth-order valence-electron chi connectivity index (χ4n) is 8.59. The number of allylic oxidation sites excluding steroid dienone is 4. The monoisotopic (exact) mass is 586 g/mol. The summed E-state index contributed by atoms with van der Waals surface area (Å²) in [6.45, 7) is 3.64. The number of hydrogen-bond donors (Lipinski definition) is 6. The number of halogens is 2. The third-order valence-corrected chi connectivity index (χ3v) is 10.8. The molecule has 0 amide bonds. The zero-order chi connectivity index (χ0) is 30.4. The topological polar surface area (TPSA) is 191 Å². The van der Waals surface area contributed by atoms with Gasteiger partial charge in [-0.15, -0.1) is 0 Å². The second kappa shape index (κ2) is 9.69. The number of hydrogen-bond acceptors (Lipinski definition) is 10. The van der Waals surface area contributed by atoms with Crippen LogP contribution in [0.15, 0.2) is 23.8 Å². The molecular weight excluding hydrogens is 550 g/mol. The number of carbonyl (C=O) groups is 3. The van der Waals surface area contributed by atoms with Crippen molar-refractivity contribution in [3.05, 3.63) is 23.8 Å². The maximum Gasteiger partial charge on any atom is 0.335 e. The highest BCUT2D eigenvalue weighted by atomic mass is 19.1. The summed E-state index contributed by atoms with van der Waals surface area (Å²) < 4.78 is 43.2. The van der Waals surface area contributed by atoms with Gasteiger partial charge in [-0.25, -0.2) is 13.6 Å². The van der Waals surface area contributed by atoms with Crippen LogP contribution in [0.1, 0.15) is 40.0 Å². The number of ether oxygens (including phenoxy) is 2. The summed E-state index contributed by atoms with van der Waals surface area (Å²) >= 11 is 0. The van der Waals surface area contributed by atoms with E-state index in [0.717, 1.165) is 12.2 Å². The highest BCUT2D eigenvalue weighted by molar-refractivity contribution is 6.01. The molecule has 1 saturated heterocycles. The number of ketones is 2. The van der Waals surface area contributed by atoms with Crippen molar-refractivity contribution in [1.82, 2.24) is 0 Å². The van der Waals surface area contributed by atoms with E-state index in [1.165, 1.54) is 19.9 Å². The van der Waals surface area contributed by atoms with Crippen LogP contribution < -0.4 is 0 Å². The predicted molar refractivity (Wildman–Crippen MR) is 133 cm³/mol. The van der Waals surface area contributed by atoms with Gasteiger partial charge >= 0.3 is 5.97 Å². The number of carboxylic acid groups (broad SMARTS) is 1. The summed E-state index contributed by atoms with van der Waals surface area (Å²) in [5.41, 5.74) is -7.71. The van der Waals surface area contributed by atoms with Gasteiger partial charge in [-0.2, -0.15) is 0 Å². The number of alkyl halides is 2. The van der Waals surface area contributed by atoms with Crippen LogP contribution in [0.4, 0.5) is 8.78 Å². The van der Waals surface area contributed by atoms with Gasteiger partial charge < -0.3 is 40.1 Å². The molecule has 1 heterocycles. The molecule has 3 saturated carbocycles. The van der Waals surface area contributed by atoms with Crippen LogP contribution >= 0.6 is 0 Å². The van der Waals surface area contributed by atoms with Crippen LogP contribution in [-0.4, -0.2) is 109 Å². The molecule has 14 atom stereocenters. The van der Waals surface area contributed by atoms with Crippen molar-refractivity contribution < 1.29 is 63.3 Å². The van der Waals surface area contributed by atoms with Crippen molar-refractivity contribution in [3.8, 4) is 0 Å². The molecule has 4 aliphatic carbocycles. The molecular formula is C28H36F2O11. The van der Waals surface area contributed by atoms with Crippen molar-refractivity contribution in [3.63, 3.8) is 0 Å². The number of aliphatic hydroxyl groups is 5. The van der Waals surface area contributed by atoms with Gasteiger partial charge in [0.25, 0.3) is 0 Å². The van der Waals surface area contributed by atoms with Crippen molar-refractivity contribution in [2.24, 2.45) is 28.6 Å². The molecule has 11 nitrogen and oxygen atoms in total. The minimum atomic E-state index is -2.39. The Bertz CT molecular complexity index is 1210. The van der Waals surface area contributed by atoms with Gasteiger partial charge in [-0.3, -0.25) is 9.59 Å². The number of carbonyl (C=O) groups excluding carboxylic acids is 2. The molecule has 6 N–H and O–H groups in total. The molecule has 0 aromatic carbocycles. The van der Waals surface area contributed by atoms with E-state index in [1.54, 1.807) is 6.92 Å². The van der Waals surface area contributed by atoms with Gasteiger partial charge in [0.2, 0.25) is 0 Å².